The predicted octanol–water partition coefficient (Wildman–Crippen LogP) is 5.07. The molecule has 0 radical (unpaired) electrons. The summed E-state index contributed by atoms with van der Waals surface area (Å²) in [6.07, 6.45) is 0. The first-order valence-electron chi connectivity index (χ1n) is 8.34. The van der Waals surface area contributed by atoms with E-state index in [0.29, 0.717) is 28.8 Å². The van der Waals surface area contributed by atoms with Crippen LogP contribution < -0.4 is 10.6 Å². The monoisotopic (exact) mass is 361 g/mol. The van der Waals surface area contributed by atoms with Crippen LogP contribution in [0.3, 0.4) is 0 Å². The fraction of sp³-hybridized carbons (Fsp3) is 0.0500. The fourth-order valence-electron chi connectivity index (χ4n) is 2.56. The molecule has 2 heterocycles. The van der Waals surface area contributed by atoms with Crippen LogP contribution in [0.2, 0.25) is 0 Å². The first-order chi connectivity index (χ1) is 13.2. The van der Waals surface area contributed by atoms with Crippen molar-refractivity contribution in [2.75, 3.05) is 10.6 Å². The van der Waals surface area contributed by atoms with Crippen LogP contribution in [0.1, 0.15) is 5.76 Å². The summed E-state index contributed by atoms with van der Waals surface area (Å²) >= 11 is 0. The second-order valence-corrected chi connectivity index (χ2v) is 5.88. The third-order valence-electron chi connectivity index (χ3n) is 3.80. The van der Waals surface area contributed by atoms with Crippen LogP contribution in [0.5, 0.6) is 0 Å². The summed E-state index contributed by atoms with van der Waals surface area (Å²) in [4.78, 5) is 8.93. The zero-order valence-electron chi connectivity index (χ0n) is 14.5. The minimum absolute atomic E-state index is 0.268. The van der Waals surface area contributed by atoms with E-state index >= 15 is 0 Å². The predicted molar refractivity (Wildman–Crippen MR) is 102 cm³/mol. The number of hydrogen-bond donors (Lipinski definition) is 2. The van der Waals surface area contributed by atoms with E-state index in [2.05, 4.69) is 25.8 Å². The molecule has 0 unspecified atom stereocenters. The van der Waals surface area contributed by atoms with Gasteiger partial charge in [-0.1, -0.05) is 47.6 Å². The minimum Gasteiger partial charge on any atom is -0.360 e. The number of hydrogen-bond acceptors (Lipinski definition) is 6. The lowest BCUT2D eigenvalue weighted by atomic mass is 10.1. The van der Waals surface area contributed by atoms with Crippen molar-refractivity contribution in [3.05, 3.63) is 78.3 Å². The Balaban J connectivity index is 1.73. The highest BCUT2D eigenvalue weighted by Gasteiger charge is 2.10. The summed E-state index contributed by atoms with van der Waals surface area (Å²) in [7, 11) is 0. The van der Waals surface area contributed by atoms with Gasteiger partial charge in [-0.15, -0.1) is 0 Å². The third-order valence-corrected chi connectivity index (χ3v) is 3.80. The highest BCUT2D eigenvalue weighted by Crippen LogP contribution is 2.25. The van der Waals surface area contributed by atoms with E-state index in [-0.39, 0.29) is 11.8 Å². The van der Waals surface area contributed by atoms with Crippen LogP contribution in [-0.2, 0) is 0 Å². The van der Waals surface area contributed by atoms with Gasteiger partial charge in [-0.25, -0.2) is 9.37 Å². The van der Waals surface area contributed by atoms with Crippen LogP contribution in [0.4, 0.5) is 27.7 Å². The quantitative estimate of drug-likeness (QED) is 0.517. The van der Waals surface area contributed by atoms with Gasteiger partial charge in [0.05, 0.1) is 11.4 Å². The Labute approximate surface area is 155 Å². The highest BCUT2D eigenvalue weighted by molar-refractivity contribution is 5.68. The van der Waals surface area contributed by atoms with E-state index in [0.717, 1.165) is 5.56 Å². The molecule has 134 valence electrons. The first-order valence-corrected chi connectivity index (χ1v) is 8.34. The van der Waals surface area contributed by atoms with E-state index in [9.17, 15) is 4.39 Å². The van der Waals surface area contributed by atoms with Gasteiger partial charge in [-0.05, 0) is 19.1 Å². The molecule has 0 saturated carbocycles. The molecule has 0 aliphatic carbocycles. The maximum absolute atomic E-state index is 14.0. The second-order valence-electron chi connectivity index (χ2n) is 5.88. The lowest BCUT2D eigenvalue weighted by molar-refractivity contribution is 0.400. The van der Waals surface area contributed by atoms with Gasteiger partial charge >= 0.3 is 0 Å². The van der Waals surface area contributed by atoms with Crippen molar-refractivity contribution in [3.63, 3.8) is 0 Å². The minimum atomic E-state index is -0.382. The number of benzene rings is 2. The Morgan fingerprint density at radius 2 is 1.63 bits per heavy atom. The molecule has 2 aromatic heterocycles. The summed E-state index contributed by atoms with van der Waals surface area (Å²) in [6, 6.07) is 19.6. The molecule has 7 heteroatoms. The summed E-state index contributed by atoms with van der Waals surface area (Å²) < 4.78 is 19.1. The summed E-state index contributed by atoms with van der Waals surface area (Å²) in [5.41, 5.74) is 1.90. The van der Waals surface area contributed by atoms with Crippen LogP contribution >= 0.6 is 0 Å². The lowest BCUT2D eigenvalue weighted by Gasteiger charge is -2.11. The van der Waals surface area contributed by atoms with Crippen molar-refractivity contribution in [1.29, 1.82) is 0 Å². The maximum Gasteiger partial charge on any atom is 0.229 e. The van der Waals surface area contributed by atoms with Gasteiger partial charge < -0.3 is 15.2 Å². The fourth-order valence-corrected chi connectivity index (χ4v) is 2.56. The van der Waals surface area contributed by atoms with E-state index < -0.39 is 0 Å². The molecule has 0 saturated heterocycles. The average molecular weight is 361 g/mol. The van der Waals surface area contributed by atoms with Gasteiger partial charge in [0.2, 0.25) is 5.95 Å². The number of rotatable bonds is 5. The van der Waals surface area contributed by atoms with Gasteiger partial charge in [0.15, 0.2) is 5.82 Å². The van der Waals surface area contributed by atoms with Crippen LogP contribution in [0, 0.1) is 12.7 Å². The third kappa shape index (κ3) is 3.92. The molecule has 0 atom stereocenters. The number of halogens is 1. The average Bonchev–Trinajstić information content (AvgIpc) is 3.09. The molecular weight excluding hydrogens is 345 g/mol. The van der Waals surface area contributed by atoms with Gasteiger partial charge in [0, 0.05) is 17.7 Å². The Bertz CT molecular complexity index is 1060. The Kier molecular flexibility index (Phi) is 4.49. The van der Waals surface area contributed by atoms with E-state index in [1.54, 1.807) is 37.3 Å². The SMILES string of the molecule is Cc1cc(Nc2cc(-c3ccccc3)nc(Nc3ccccc3F)n2)no1. The number of nitrogens with one attached hydrogen (secondary N) is 2. The molecule has 0 aliphatic rings. The summed E-state index contributed by atoms with van der Waals surface area (Å²) in [5.74, 6) is 1.61. The maximum atomic E-state index is 14.0. The molecule has 27 heavy (non-hydrogen) atoms. The second kappa shape index (κ2) is 7.25. The summed E-state index contributed by atoms with van der Waals surface area (Å²) in [5, 5.41) is 9.93. The Morgan fingerprint density at radius 3 is 2.37 bits per heavy atom. The van der Waals surface area contributed by atoms with Crippen LogP contribution in [-0.4, -0.2) is 15.1 Å². The van der Waals surface area contributed by atoms with Crippen LogP contribution in [0.15, 0.2) is 71.3 Å². The molecule has 0 aliphatic heterocycles. The number of aromatic nitrogens is 3. The number of anilines is 4. The molecule has 0 amide bonds. The number of nitrogens with zero attached hydrogens (tertiary/aromatic N) is 3. The molecule has 0 bridgehead atoms. The Morgan fingerprint density at radius 1 is 0.852 bits per heavy atom. The van der Waals surface area contributed by atoms with Gasteiger partial charge in [0.1, 0.15) is 17.4 Å². The Hall–Kier alpha value is -3.74. The largest absolute Gasteiger partial charge is 0.360 e. The molecule has 4 rings (SSSR count). The van der Waals surface area contributed by atoms with E-state index in [4.69, 9.17) is 4.52 Å². The van der Waals surface area contributed by atoms with Crippen molar-refractivity contribution in [1.82, 2.24) is 15.1 Å². The van der Waals surface area contributed by atoms with E-state index in [1.807, 2.05) is 30.3 Å². The molecule has 6 nitrogen and oxygen atoms in total. The molecule has 0 fully saturated rings. The van der Waals surface area contributed by atoms with Crippen molar-refractivity contribution in [2.24, 2.45) is 0 Å². The van der Waals surface area contributed by atoms with Gasteiger partial charge in [-0.3, -0.25) is 0 Å². The normalized spacial score (nSPS) is 10.6. The molecule has 4 aromatic rings. The summed E-state index contributed by atoms with van der Waals surface area (Å²) in [6.45, 7) is 1.80. The first kappa shape index (κ1) is 16.7. The number of aryl methyl sites for hydroxylation is 1. The standard InChI is InChI=1S/C20H16FN5O/c1-13-11-19(26-27-13)24-18-12-17(14-7-3-2-4-8-14)23-20(25-18)22-16-10-6-5-9-15(16)21/h2-12H,1H3,(H2,22,23,24,25,26). The number of para-hydroxylation sites is 1. The molecular formula is C20H16FN5O. The van der Waals surface area contributed by atoms with Gasteiger partial charge in [-0.2, -0.15) is 4.98 Å². The van der Waals surface area contributed by atoms with Crippen molar-refractivity contribution >= 4 is 23.3 Å². The van der Waals surface area contributed by atoms with Crippen molar-refractivity contribution < 1.29 is 8.91 Å². The zero-order chi connectivity index (χ0) is 18.6. The highest BCUT2D eigenvalue weighted by atomic mass is 19.1. The van der Waals surface area contributed by atoms with Crippen molar-refractivity contribution in [3.8, 4) is 11.3 Å². The smallest absolute Gasteiger partial charge is 0.229 e. The van der Waals surface area contributed by atoms with E-state index in [1.165, 1.54) is 6.07 Å². The zero-order valence-corrected chi connectivity index (χ0v) is 14.5. The van der Waals surface area contributed by atoms with Gasteiger partial charge in [0.25, 0.3) is 0 Å². The molecule has 2 aromatic carbocycles. The molecule has 2 N–H and O–H groups in total. The van der Waals surface area contributed by atoms with Crippen molar-refractivity contribution in [2.45, 2.75) is 6.92 Å². The molecule has 0 spiro atoms. The topological polar surface area (TPSA) is 75.9 Å². The lowest BCUT2D eigenvalue weighted by Crippen LogP contribution is -2.03. The van der Waals surface area contributed by atoms with Crippen LogP contribution in [0.25, 0.3) is 11.3 Å².